The summed E-state index contributed by atoms with van der Waals surface area (Å²) in [5.74, 6) is 0.184. The van der Waals surface area contributed by atoms with E-state index in [0.717, 1.165) is 6.42 Å². The van der Waals surface area contributed by atoms with Gasteiger partial charge in [0.15, 0.2) is 0 Å². The van der Waals surface area contributed by atoms with Gasteiger partial charge in [-0.2, -0.15) is 0 Å². The van der Waals surface area contributed by atoms with Gasteiger partial charge in [0.05, 0.1) is 0 Å². The Morgan fingerprint density at radius 3 is 2.14 bits per heavy atom. The Kier molecular flexibility index (Phi) is 7.44. The maximum absolute atomic E-state index is 7.03. The van der Waals surface area contributed by atoms with Gasteiger partial charge in [-0.3, -0.25) is 0 Å². The molecule has 2 unspecified atom stereocenters. The van der Waals surface area contributed by atoms with Crippen molar-refractivity contribution < 1.29 is 19.1 Å². The molecule has 0 amide bonds. The maximum atomic E-state index is 7.03. The molecule has 0 saturated carbocycles. The summed E-state index contributed by atoms with van der Waals surface area (Å²) in [4.78, 5) is 0. The minimum atomic E-state index is -3.04. The molecule has 0 radical (unpaired) electrons. The number of allylic oxidation sites excluding steroid dienone is 12. The van der Waals surface area contributed by atoms with Crippen molar-refractivity contribution in [3.05, 3.63) is 138 Å². The van der Waals surface area contributed by atoms with E-state index in [1.54, 1.807) is 0 Å². The molecule has 0 nitrogen and oxygen atoms in total. The van der Waals surface area contributed by atoms with Crippen LogP contribution in [0.4, 0.5) is 0 Å². The second kappa shape index (κ2) is 10.3. The summed E-state index contributed by atoms with van der Waals surface area (Å²) in [5.41, 5.74) is 11.7. The van der Waals surface area contributed by atoms with Crippen molar-refractivity contribution in [1.82, 2.24) is 0 Å². The summed E-state index contributed by atoms with van der Waals surface area (Å²) in [6.07, 6.45) is 10.4. The van der Waals surface area contributed by atoms with Crippen LogP contribution in [0.1, 0.15) is 51.2 Å². The fraction of sp³-hybridized carbons (Fsp3) is 0.219. The Balaban J connectivity index is 1.96. The molecule has 181 valence electrons. The molecule has 0 fully saturated rings. The van der Waals surface area contributed by atoms with Gasteiger partial charge in [0.1, 0.15) is 0 Å². The Morgan fingerprint density at radius 1 is 0.889 bits per heavy atom. The quantitative estimate of drug-likeness (QED) is 0.277. The minimum absolute atomic E-state index is 0.184. The first-order valence-electron chi connectivity index (χ1n) is 12.6. The van der Waals surface area contributed by atoms with E-state index in [-0.39, 0.29) is 5.92 Å². The zero-order valence-corrected chi connectivity index (χ0v) is 27.8. The molecule has 0 aromatic heterocycles. The van der Waals surface area contributed by atoms with Crippen LogP contribution in [0.5, 0.6) is 0 Å². The number of hydrogen-bond donors (Lipinski definition) is 0. The molecule has 0 bridgehead atoms. The average molecular weight is 693 g/mol. The molecule has 5 rings (SSSR count). The van der Waals surface area contributed by atoms with E-state index < -0.39 is 24.5 Å². The summed E-state index contributed by atoms with van der Waals surface area (Å²) in [5, 5.41) is 1.34. The Labute approximate surface area is 233 Å². The normalized spacial score (nSPS) is 23.7. The molecule has 0 N–H and O–H groups in total. The van der Waals surface area contributed by atoms with Crippen LogP contribution in [0.15, 0.2) is 127 Å². The van der Waals surface area contributed by atoms with Crippen molar-refractivity contribution in [3.63, 3.8) is 0 Å². The van der Waals surface area contributed by atoms with Crippen LogP contribution in [0.25, 0.3) is 0 Å². The molecule has 2 aromatic rings. The van der Waals surface area contributed by atoms with Crippen molar-refractivity contribution in [3.8, 4) is 0 Å². The second-order valence-electron chi connectivity index (χ2n) is 9.81. The van der Waals surface area contributed by atoms with Gasteiger partial charge in [0.2, 0.25) is 0 Å². The van der Waals surface area contributed by atoms with E-state index in [0.29, 0.717) is 0 Å². The monoisotopic (exact) mass is 693 g/mol. The number of halogens is 2. The number of hydrogen-bond acceptors (Lipinski definition) is 0. The molecule has 36 heavy (non-hydrogen) atoms. The third-order valence-electron chi connectivity index (χ3n) is 8.18. The van der Waals surface area contributed by atoms with Gasteiger partial charge in [-0.05, 0) is 0 Å². The van der Waals surface area contributed by atoms with Crippen LogP contribution >= 0.6 is 17.2 Å². The SMILES string of the molecule is CCC1=CC(c2ccccc2)C(C2(c3ccccc3)C(=[SiH2])C=CC=C3C(C)=C(C)[C]([Hf]([Cl])[Cl])=C32)=C1C. The first kappa shape index (κ1) is 26.0. The van der Waals surface area contributed by atoms with Crippen molar-refractivity contribution in [2.45, 2.75) is 45.4 Å². The van der Waals surface area contributed by atoms with E-state index >= 15 is 0 Å². The zero-order valence-electron chi connectivity index (χ0n) is 21.3. The Morgan fingerprint density at radius 2 is 1.53 bits per heavy atom. The first-order valence-corrected chi connectivity index (χ1v) is 24.0. The molecule has 0 spiro atoms. The number of benzene rings is 2. The van der Waals surface area contributed by atoms with Crippen LogP contribution in [0.2, 0.25) is 0 Å². The molecule has 3 aliphatic carbocycles. The molecule has 0 heterocycles. The van der Waals surface area contributed by atoms with Gasteiger partial charge < -0.3 is 0 Å². The van der Waals surface area contributed by atoms with Gasteiger partial charge in [0, 0.05) is 0 Å². The van der Waals surface area contributed by atoms with Crippen molar-refractivity contribution in [1.29, 1.82) is 0 Å². The van der Waals surface area contributed by atoms with Gasteiger partial charge in [0.25, 0.3) is 0 Å². The predicted octanol–water partition coefficient (Wildman–Crippen LogP) is 8.21. The van der Waals surface area contributed by atoms with Crippen LogP contribution < -0.4 is 0 Å². The second-order valence-corrected chi connectivity index (χ2v) is 22.0. The van der Waals surface area contributed by atoms with Crippen molar-refractivity contribution >= 4 is 32.2 Å². The molecule has 2 atom stereocenters. The third-order valence-corrected chi connectivity index (χ3v) is 15.6. The number of rotatable bonds is 5. The van der Waals surface area contributed by atoms with Crippen LogP contribution in [0, 0.1) is 0 Å². The van der Waals surface area contributed by atoms with Crippen molar-refractivity contribution in [2.24, 2.45) is 0 Å². The van der Waals surface area contributed by atoms with Gasteiger partial charge in [-0.15, -0.1) is 0 Å². The molecule has 4 heteroatoms. The van der Waals surface area contributed by atoms with Crippen LogP contribution in [0.3, 0.4) is 0 Å². The summed E-state index contributed by atoms with van der Waals surface area (Å²) in [6.45, 7) is 9.06. The standard InChI is InChI=1S/C32H31Si.2ClH.Hf/c1-5-24-20-28(25-13-8-6-9-14-25)31(23(24)4)32(26-15-10-7-11-16-26)29-19-21(2)22(3)27(29)17-12-18-30(32)33;;;/h6-18,20,28H,5,33H2,1-4H3;2*1H;/q;;;+2/p-2. The Hall–Kier alpha value is -1.58. The molecule has 0 saturated heterocycles. The van der Waals surface area contributed by atoms with E-state index in [4.69, 9.17) is 17.2 Å². The molecule has 2 aromatic carbocycles. The van der Waals surface area contributed by atoms with Crippen LogP contribution in [-0.4, -0.2) is 15.0 Å². The van der Waals surface area contributed by atoms with Gasteiger partial charge >= 0.3 is 235 Å². The number of fused-ring (bicyclic) bond motifs is 1. The third kappa shape index (κ3) is 3.91. The fourth-order valence-electron chi connectivity index (χ4n) is 6.40. The fourth-order valence-corrected chi connectivity index (χ4v) is 14.5. The topological polar surface area (TPSA) is 0 Å². The Bertz CT molecular complexity index is 1420. The first-order chi connectivity index (χ1) is 17.3. The summed E-state index contributed by atoms with van der Waals surface area (Å²) >= 11 is -3.04. The zero-order chi connectivity index (χ0) is 25.6. The van der Waals surface area contributed by atoms with E-state index in [1.165, 1.54) is 58.6 Å². The molecular formula is C32H31Cl2HfSi. The summed E-state index contributed by atoms with van der Waals surface area (Å²) in [7, 11) is 16.1. The van der Waals surface area contributed by atoms with Crippen LogP contribution in [-0.2, 0) is 24.5 Å². The van der Waals surface area contributed by atoms with E-state index in [9.17, 15) is 0 Å². The predicted molar refractivity (Wildman–Crippen MR) is 156 cm³/mol. The van der Waals surface area contributed by atoms with E-state index in [2.05, 4.69) is 113 Å². The summed E-state index contributed by atoms with van der Waals surface area (Å²) in [6, 6.07) is 22.0. The van der Waals surface area contributed by atoms with Crippen molar-refractivity contribution in [2.75, 3.05) is 0 Å². The molecule has 0 aliphatic heterocycles. The van der Waals surface area contributed by atoms with Gasteiger partial charge in [-0.1, -0.05) is 0 Å². The van der Waals surface area contributed by atoms with E-state index in [1.807, 2.05) is 9.85 Å². The molecule has 3 aliphatic rings. The average Bonchev–Trinajstić information content (AvgIpc) is 3.30. The van der Waals surface area contributed by atoms with Gasteiger partial charge in [-0.25, -0.2) is 0 Å². The molecular weight excluding hydrogens is 662 g/mol. The summed E-state index contributed by atoms with van der Waals surface area (Å²) < 4.78 is 1.26.